The summed E-state index contributed by atoms with van der Waals surface area (Å²) in [6.45, 7) is 3.30. The lowest BCUT2D eigenvalue weighted by atomic mass is 9.79. The van der Waals surface area contributed by atoms with E-state index in [1.165, 1.54) is 6.92 Å². The van der Waals surface area contributed by atoms with E-state index in [4.69, 9.17) is 9.60 Å². The van der Waals surface area contributed by atoms with Crippen LogP contribution in [0.4, 0.5) is 0 Å². The summed E-state index contributed by atoms with van der Waals surface area (Å²) in [6.07, 6.45) is 0. The Labute approximate surface area is 105 Å². The van der Waals surface area contributed by atoms with Crippen molar-refractivity contribution < 1.29 is 9.60 Å². The van der Waals surface area contributed by atoms with Crippen LogP contribution in [0.15, 0.2) is 18.2 Å². The first-order valence-electron chi connectivity index (χ1n) is 8.65. The second-order valence-electron chi connectivity index (χ2n) is 5.30. The molecule has 0 nitrogen and oxygen atoms in total. The highest BCUT2D eigenvalue weighted by Crippen LogP contribution is 2.30. The molecule has 0 saturated heterocycles. The zero-order chi connectivity index (χ0) is 17.7. The second kappa shape index (κ2) is 3.66. The van der Waals surface area contributed by atoms with E-state index in [9.17, 15) is 0 Å². The van der Waals surface area contributed by atoms with Crippen LogP contribution in [-0.4, -0.2) is 0 Å². The van der Waals surface area contributed by atoms with Gasteiger partial charge in [-0.15, -0.1) is 0 Å². The van der Waals surface area contributed by atoms with E-state index < -0.39 is 19.1 Å². The Morgan fingerprint density at radius 1 is 1.13 bits per heavy atom. The van der Waals surface area contributed by atoms with Crippen LogP contribution in [0.5, 0.6) is 0 Å². The summed E-state index contributed by atoms with van der Waals surface area (Å²) in [5, 5.41) is 0. The molecule has 0 unspecified atom stereocenters. The zero-order valence-corrected chi connectivity index (χ0v) is 10.2. The molecule has 1 aromatic rings. The van der Waals surface area contributed by atoms with Gasteiger partial charge in [0, 0.05) is 8.22 Å². The molecule has 0 aliphatic carbocycles. The third kappa shape index (κ3) is 2.84. The van der Waals surface area contributed by atoms with Gasteiger partial charge in [-0.1, -0.05) is 59.6 Å². The van der Waals surface area contributed by atoms with Crippen molar-refractivity contribution in [3.8, 4) is 0 Å². The largest absolute Gasteiger partial charge is 0.0626 e. The molecule has 0 N–H and O–H groups in total. The first-order chi connectivity index (χ1) is 9.53. The maximum Gasteiger partial charge on any atom is 0.0626 e. The fourth-order valence-electron chi connectivity index (χ4n) is 1.52. The van der Waals surface area contributed by atoms with Gasteiger partial charge in [-0.2, -0.15) is 0 Å². The molecule has 0 bridgehead atoms. The Balaban J connectivity index is 3.82. The van der Waals surface area contributed by atoms with Crippen LogP contribution in [0.3, 0.4) is 0 Å². The summed E-state index contributed by atoms with van der Waals surface area (Å²) in [5.41, 5.74) is -0.936. The molecule has 0 aliphatic rings. The normalized spacial score (nSPS) is 21.5. The molecule has 0 amide bonds. The van der Waals surface area contributed by atoms with Gasteiger partial charge in [0.05, 0.1) is 1.37 Å². The minimum absolute atomic E-state index is 0.169. The molecular weight excluding hydrogens is 180 g/mol. The Morgan fingerprint density at radius 2 is 1.73 bits per heavy atom. The summed E-state index contributed by atoms with van der Waals surface area (Å²) in [6, 6.07) is 3.49. The fourth-order valence-corrected chi connectivity index (χ4v) is 1.52. The first-order valence-corrected chi connectivity index (χ1v) is 5.15. The molecule has 0 radical (unpaired) electrons. The molecule has 0 atom stereocenters. The van der Waals surface area contributed by atoms with Crippen molar-refractivity contribution in [2.75, 3.05) is 0 Å². The van der Waals surface area contributed by atoms with Crippen LogP contribution in [0.2, 0.25) is 0 Å². The molecule has 84 valence electrons. The highest BCUT2D eigenvalue weighted by molar-refractivity contribution is 5.38. The molecule has 15 heavy (non-hydrogen) atoms. The van der Waals surface area contributed by atoms with E-state index >= 15 is 0 Å². The highest BCUT2D eigenvalue weighted by atomic mass is 14.2. The van der Waals surface area contributed by atoms with Crippen molar-refractivity contribution in [2.24, 2.45) is 0 Å². The summed E-state index contributed by atoms with van der Waals surface area (Å²) in [4.78, 5) is 0. The summed E-state index contributed by atoms with van der Waals surface area (Å²) < 4.78 is 54.8. The minimum atomic E-state index is -2.70. The van der Waals surface area contributed by atoms with Crippen LogP contribution < -0.4 is 0 Å². The third-order valence-electron chi connectivity index (χ3n) is 2.55. The topological polar surface area (TPSA) is 0 Å². The van der Waals surface area contributed by atoms with Crippen molar-refractivity contribution in [1.29, 1.82) is 0 Å². The quantitative estimate of drug-likeness (QED) is 0.589. The lowest BCUT2D eigenvalue weighted by Crippen LogP contribution is -2.17. The second-order valence-corrected chi connectivity index (χ2v) is 5.30. The molecule has 0 fully saturated rings. The molecule has 0 spiro atoms. The number of benzene rings is 1. The van der Waals surface area contributed by atoms with Gasteiger partial charge in [-0.25, -0.2) is 0 Å². The summed E-state index contributed by atoms with van der Waals surface area (Å²) in [5.74, 6) is 0. The first kappa shape index (κ1) is 5.52. The Hall–Kier alpha value is -0.780. The molecule has 1 aromatic carbocycles. The molecule has 0 heterocycles. The zero-order valence-electron chi connectivity index (χ0n) is 17.2. The Kier molecular flexibility index (Phi) is 1.35. The average Bonchev–Trinajstić information content (AvgIpc) is 2.27. The standard InChI is InChI=1S/C15H24/c1-11-8-9-12(14(2,3)4)10-13(11)15(5,6)7/h8-10H,1-7H3/i5D3,6D3,8D. The average molecular weight is 211 g/mol. The van der Waals surface area contributed by atoms with E-state index in [1.807, 2.05) is 20.8 Å². The number of hydrogen-bond donors (Lipinski definition) is 0. The highest BCUT2D eigenvalue weighted by Gasteiger charge is 2.20. The van der Waals surface area contributed by atoms with Crippen LogP contribution in [0.1, 0.15) is 67.7 Å². The number of hydrogen-bond acceptors (Lipinski definition) is 0. The smallest absolute Gasteiger partial charge is 0.0587 e. The molecule has 1 rings (SSSR count). The van der Waals surface area contributed by atoms with Crippen LogP contribution in [0.25, 0.3) is 0 Å². The van der Waals surface area contributed by atoms with E-state index in [2.05, 4.69) is 0 Å². The molecule has 0 aromatic heterocycles. The SMILES string of the molecule is [2H]c1cc(C(C)(C)C)cc(C(C)(C([2H])([2H])[2H])C([2H])([2H])[2H])c1C. The van der Waals surface area contributed by atoms with Gasteiger partial charge in [0.1, 0.15) is 0 Å². The van der Waals surface area contributed by atoms with E-state index in [0.717, 1.165) is 5.56 Å². The molecular formula is C15H24. The van der Waals surface area contributed by atoms with Crippen LogP contribution >= 0.6 is 0 Å². The van der Waals surface area contributed by atoms with Gasteiger partial charge < -0.3 is 0 Å². The van der Waals surface area contributed by atoms with Crippen LogP contribution in [-0.2, 0) is 10.8 Å². The summed E-state index contributed by atoms with van der Waals surface area (Å²) in [7, 11) is 0. The van der Waals surface area contributed by atoms with Crippen molar-refractivity contribution in [3.63, 3.8) is 0 Å². The predicted octanol–water partition coefficient (Wildman–Crippen LogP) is 4.59. The third-order valence-corrected chi connectivity index (χ3v) is 2.55. The van der Waals surface area contributed by atoms with Crippen molar-refractivity contribution in [2.45, 2.75) is 59.2 Å². The Morgan fingerprint density at radius 3 is 2.20 bits per heavy atom. The maximum absolute atomic E-state index is 8.10. The molecule has 0 saturated carbocycles. The predicted molar refractivity (Wildman–Crippen MR) is 68.6 cm³/mol. The van der Waals surface area contributed by atoms with Crippen molar-refractivity contribution in [3.05, 3.63) is 34.9 Å². The van der Waals surface area contributed by atoms with Gasteiger partial charge in [-0.3, -0.25) is 0 Å². The number of rotatable bonds is 0. The monoisotopic (exact) mass is 211 g/mol. The van der Waals surface area contributed by atoms with Crippen molar-refractivity contribution in [1.82, 2.24) is 0 Å². The molecule has 0 heteroatoms. The van der Waals surface area contributed by atoms with Gasteiger partial charge in [0.2, 0.25) is 0 Å². The Bertz CT molecular complexity index is 545. The molecule has 0 aliphatic heterocycles. The lowest BCUT2D eigenvalue weighted by Gasteiger charge is -2.26. The maximum atomic E-state index is 8.10. The van der Waals surface area contributed by atoms with Crippen molar-refractivity contribution >= 4 is 0 Å². The van der Waals surface area contributed by atoms with E-state index in [-0.39, 0.29) is 17.0 Å². The summed E-state index contributed by atoms with van der Waals surface area (Å²) >= 11 is 0. The fraction of sp³-hybridized carbons (Fsp3) is 0.600. The van der Waals surface area contributed by atoms with Crippen LogP contribution in [0, 0.1) is 6.92 Å². The van der Waals surface area contributed by atoms with Gasteiger partial charge in [0.15, 0.2) is 0 Å². The van der Waals surface area contributed by atoms with Gasteiger partial charge in [-0.05, 0) is 34.4 Å². The van der Waals surface area contributed by atoms with E-state index in [0.29, 0.717) is 5.56 Å². The van der Waals surface area contributed by atoms with Gasteiger partial charge >= 0.3 is 0 Å². The van der Waals surface area contributed by atoms with Gasteiger partial charge in [0.25, 0.3) is 0 Å². The lowest BCUT2D eigenvalue weighted by molar-refractivity contribution is 0.566. The van der Waals surface area contributed by atoms with E-state index in [1.54, 1.807) is 19.1 Å². The minimum Gasteiger partial charge on any atom is -0.0587 e.